The summed E-state index contributed by atoms with van der Waals surface area (Å²) in [6, 6.07) is 87.0. The SMILES string of the molecule is CC1(C)c2cc(-c3ccccc3)ccc2-c2ccc(N(c3ccc(-c4ccc(-c5ccc6sc7ccccc7c6c5)cc4)cc3)c3ccc(-c4cccc(-c5ccccc5)c4)cc3)cc21. The highest BCUT2D eigenvalue weighted by Crippen LogP contribution is 2.52. The average molecular weight is 848 g/mol. The van der Waals surface area contributed by atoms with Gasteiger partial charge in [-0.3, -0.25) is 0 Å². The lowest BCUT2D eigenvalue weighted by molar-refractivity contribution is 0.660. The van der Waals surface area contributed by atoms with Crippen molar-refractivity contribution in [2.75, 3.05) is 4.90 Å². The Bertz CT molecular complexity index is 3530. The van der Waals surface area contributed by atoms with Gasteiger partial charge in [0.2, 0.25) is 0 Å². The van der Waals surface area contributed by atoms with E-state index in [0.717, 1.165) is 17.1 Å². The van der Waals surface area contributed by atoms with Crippen LogP contribution >= 0.6 is 11.3 Å². The summed E-state index contributed by atoms with van der Waals surface area (Å²) in [5, 5.41) is 2.66. The highest BCUT2D eigenvalue weighted by atomic mass is 32.1. The fourth-order valence-corrected chi connectivity index (χ4v) is 11.1. The lowest BCUT2D eigenvalue weighted by Gasteiger charge is -2.28. The van der Waals surface area contributed by atoms with Crippen molar-refractivity contribution in [3.05, 3.63) is 248 Å². The second kappa shape index (κ2) is 15.8. The Labute approximate surface area is 385 Å². The van der Waals surface area contributed by atoms with Crippen LogP contribution in [-0.4, -0.2) is 0 Å². The molecule has 0 amide bonds. The number of fused-ring (bicyclic) bond motifs is 6. The molecule has 1 aromatic heterocycles. The van der Waals surface area contributed by atoms with E-state index in [9.17, 15) is 0 Å². The van der Waals surface area contributed by atoms with Gasteiger partial charge in [-0.15, -0.1) is 11.3 Å². The fraction of sp³-hybridized carbons (Fsp3) is 0.0476. The summed E-state index contributed by atoms with van der Waals surface area (Å²) in [5.74, 6) is 0. The monoisotopic (exact) mass is 847 g/mol. The van der Waals surface area contributed by atoms with Crippen molar-refractivity contribution in [2.45, 2.75) is 19.3 Å². The van der Waals surface area contributed by atoms with Crippen LogP contribution in [0.4, 0.5) is 17.1 Å². The molecule has 0 radical (unpaired) electrons. The molecule has 0 aliphatic heterocycles. The number of anilines is 3. The number of nitrogens with zero attached hydrogens (tertiary/aromatic N) is 1. The molecule has 65 heavy (non-hydrogen) atoms. The van der Waals surface area contributed by atoms with Crippen LogP contribution in [0.1, 0.15) is 25.0 Å². The molecule has 1 aliphatic rings. The Hall–Kier alpha value is -7.78. The van der Waals surface area contributed by atoms with Crippen molar-refractivity contribution in [3.63, 3.8) is 0 Å². The zero-order valence-electron chi connectivity index (χ0n) is 36.4. The molecule has 0 bridgehead atoms. The van der Waals surface area contributed by atoms with Crippen molar-refractivity contribution >= 4 is 48.6 Å². The molecular formula is C63H45NS. The molecule has 0 fully saturated rings. The van der Waals surface area contributed by atoms with E-state index in [1.807, 2.05) is 11.3 Å². The van der Waals surface area contributed by atoms with Crippen LogP contribution in [0.15, 0.2) is 237 Å². The van der Waals surface area contributed by atoms with E-state index in [1.165, 1.54) is 98.1 Å². The van der Waals surface area contributed by atoms with Crippen LogP contribution in [0.3, 0.4) is 0 Å². The van der Waals surface area contributed by atoms with Gasteiger partial charge in [0.05, 0.1) is 0 Å². The van der Waals surface area contributed by atoms with E-state index in [0.29, 0.717) is 0 Å². The maximum Gasteiger partial charge on any atom is 0.0465 e. The predicted molar refractivity (Wildman–Crippen MR) is 279 cm³/mol. The molecule has 12 rings (SSSR count). The van der Waals surface area contributed by atoms with Gasteiger partial charge in [0, 0.05) is 42.6 Å². The van der Waals surface area contributed by atoms with Crippen molar-refractivity contribution in [1.82, 2.24) is 0 Å². The van der Waals surface area contributed by atoms with E-state index >= 15 is 0 Å². The Morgan fingerprint density at radius 2 is 0.692 bits per heavy atom. The van der Waals surface area contributed by atoms with Crippen molar-refractivity contribution in [1.29, 1.82) is 0 Å². The van der Waals surface area contributed by atoms with Crippen LogP contribution in [0, 0.1) is 0 Å². The average Bonchev–Trinajstić information content (AvgIpc) is 3.85. The van der Waals surface area contributed by atoms with Gasteiger partial charge in [0.25, 0.3) is 0 Å². The molecule has 0 spiro atoms. The van der Waals surface area contributed by atoms with Crippen LogP contribution < -0.4 is 4.90 Å². The predicted octanol–water partition coefficient (Wildman–Crippen LogP) is 18.2. The Balaban J connectivity index is 0.895. The van der Waals surface area contributed by atoms with Crippen molar-refractivity contribution in [3.8, 4) is 66.8 Å². The topological polar surface area (TPSA) is 3.24 Å². The minimum atomic E-state index is -0.177. The summed E-state index contributed by atoms with van der Waals surface area (Å²) in [6.45, 7) is 4.75. The maximum absolute atomic E-state index is 2.43. The summed E-state index contributed by atoms with van der Waals surface area (Å²) in [4.78, 5) is 2.41. The molecule has 1 heterocycles. The van der Waals surface area contributed by atoms with Crippen LogP contribution in [0.5, 0.6) is 0 Å². The molecule has 0 unspecified atom stereocenters. The Morgan fingerprint density at radius 1 is 0.292 bits per heavy atom. The lowest BCUT2D eigenvalue weighted by Crippen LogP contribution is -2.16. The quantitative estimate of drug-likeness (QED) is 0.147. The third kappa shape index (κ3) is 6.95. The first-order valence-corrected chi connectivity index (χ1v) is 23.3. The zero-order chi connectivity index (χ0) is 43.5. The van der Waals surface area contributed by atoms with Gasteiger partial charge in [0.1, 0.15) is 0 Å². The molecule has 0 saturated carbocycles. The van der Waals surface area contributed by atoms with E-state index < -0.39 is 0 Å². The summed E-state index contributed by atoms with van der Waals surface area (Å²) in [5.41, 5.74) is 20.7. The second-order valence-electron chi connectivity index (χ2n) is 17.7. The van der Waals surface area contributed by atoms with Crippen molar-refractivity contribution < 1.29 is 0 Å². The van der Waals surface area contributed by atoms with E-state index in [1.54, 1.807) is 0 Å². The van der Waals surface area contributed by atoms with E-state index in [4.69, 9.17) is 0 Å². The van der Waals surface area contributed by atoms with Crippen LogP contribution in [0.2, 0.25) is 0 Å². The molecule has 0 atom stereocenters. The normalized spacial score (nSPS) is 12.6. The summed E-state index contributed by atoms with van der Waals surface area (Å²) < 4.78 is 2.67. The molecule has 10 aromatic carbocycles. The van der Waals surface area contributed by atoms with Gasteiger partial charge >= 0.3 is 0 Å². The Morgan fingerprint density at radius 3 is 1.31 bits per heavy atom. The maximum atomic E-state index is 2.43. The molecule has 1 aliphatic carbocycles. The molecule has 308 valence electrons. The van der Waals surface area contributed by atoms with Crippen LogP contribution in [0.25, 0.3) is 86.9 Å². The fourth-order valence-electron chi connectivity index (χ4n) is 10.00. The lowest BCUT2D eigenvalue weighted by atomic mass is 9.81. The molecule has 11 aromatic rings. The standard InChI is InChI=1S/C63H45NS/c1-63(2)59-40-51(43-14-7-4-8-15-43)28-35-55(59)56-36-34-54(41-60(56)63)64(53-32-26-47(27-33-53)49-17-11-16-48(38-49)42-12-5-3-6-13-42)52-30-24-45(25-31-52)44-20-22-46(23-21-44)50-29-37-62-58(39-50)57-18-9-10-19-61(57)65-62/h3-41H,1-2H3. The largest absolute Gasteiger partial charge is 0.310 e. The number of benzene rings is 10. The minimum absolute atomic E-state index is 0.177. The third-order valence-corrected chi connectivity index (χ3v) is 14.7. The van der Waals surface area contributed by atoms with Gasteiger partial charge < -0.3 is 4.90 Å². The van der Waals surface area contributed by atoms with Gasteiger partial charge in [-0.1, -0.05) is 184 Å². The third-order valence-electron chi connectivity index (χ3n) is 13.5. The van der Waals surface area contributed by atoms with Gasteiger partial charge in [-0.25, -0.2) is 0 Å². The number of hydrogen-bond acceptors (Lipinski definition) is 2. The van der Waals surface area contributed by atoms with Gasteiger partial charge in [-0.2, -0.15) is 0 Å². The molecular weight excluding hydrogens is 803 g/mol. The summed E-state index contributed by atoms with van der Waals surface area (Å²) in [7, 11) is 0. The smallest absolute Gasteiger partial charge is 0.0465 e. The number of hydrogen-bond donors (Lipinski definition) is 0. The number of rotatable bonds is 8. The van der Waals surface area contributed by atoms with E-state index in [-0.39, 0.29) is 5.41 Å². The van der Waals surface area contributed by atoms with Crippen molar-refractivity contribution in [2.24, 2.45) is 0 Å². The van der Waals surface area contributed by atoms with Gasteiger partial charge in [-0.05, 0) is 145 Å². The molecule has 0 saturated heterocycles. The Kier molecular flexibility index (Phi) is 9.44. The zero-order valence-corrected chi connectivity index (χ0v) is 37.2. The summed E-state index contributed by atoms with van der Waals surface area (Å²) >= 11 is 1.86. The highest BCUT2D eigenvalue weighted by molar-refractivity contribution is 7.25. The van der Waals surface area contributed by atoms with Gasteiger partial charge in [0.15, 0.2) is 0 Å². The van der Waals surface area contributed by atoms with E-state index in [2.05, 4.69) is 255 Å². The highest BCUT2D eigenvalue weighted by Gasteiger charge is 2.36. The first kappa shape index (κ1) is 38.9. The first-order valence-electron chi connectivity index (χ1n) is 22.5. The second-order valence-corrected chi connectivity index (χ2v) is 18.8. The molecule has 2 heteroatoms. The molecule has 0 N–H and O–H groups in total. The van der Waals surface area contributed by atoms with Crippen LogP contribution in [-0.2, 0) is 5.41 Å². The minimum Gasteiger partial charge on any atom is -0.310 e. The molecule has 1 nitrogen and oxygen atoms in total. The first-order chi connectivity index (χ1) is 31.9. The summed E-state index contributed by atoms with van der Waals surface area (Å²) in [6.07, 6.45) is 0. The number of thiophene rings is 1.